The van der Waals surface area contributed by atoms with Gasteiger partial charge in [-0.1, -0.05) is 12.1 Å². The lowest BCUT2D eigenvalue weighted by atomic mass is 10.0. The molecule has 3 heterocycles. The largest absolute Gasteiger partial charge is 0.243 e. The van der Waals surface area contributed by atoms with E-state index in [0.717, 1.165) is 36.8 Å². The van der Waals surface area contributed by atoms with Gasteiger partial charge in [0, 0.05) is 12.1 Å². The molecule has 2 aromatic rings. The third-order valence-electron chi connectivity index (χ3n) is 5.30. The molecule has 2 saturated heterocycles. The summed E-state index contributed by atoms with van der Waals surface area (Å²) >= 11 is 0. The Morgan fingerprint density at radius 2 is 1.62 bits per heavy atom. The number of benzene rings is 1. The minimum atomic E-state index is -3.46. The van der Waals surface area contributed by atoms with Gasteiger partial charge in [0.1, 0.15) is 0 Å². The van der Waals surface area contributed by atoms with Gasteiger partial charge in [-0.2, -0.15) is 19.3 Å². The number of rotatable bonds is 3. The van der Waals surface area contributed by atoms with Crippen molar-refractivity contribution >= 4 is 10.0 Å². The molecule has 4 rings (SSSR count). The topological polar surface area (TPSA) is 68.1 Å². The van der Waals surface area contributed by atoms with E-state index in [2.05, 4.69) is 10.2 Å². The van der Waals surface area contributed by atoms with Crippen molar-refractivity contribution in [3.05, 3.63) is 41.7 Å². The van der Waals surface area contributed by atoms with Crippen molar-refractivity contribution in [3.63, 3.8) is 0 Å². The average molecular weight is 346 g/mol. The predicted octanol–water partition coefficient (Wildman–Crippen LogP) is 2.45. The number of sulfonamides is 1. The molecule has 0 saturated carbocycles. The highest BCUT2D eigenvalue weighted by molar-refractivity contribution is 7.89. The Morgan fingerprint density at radius 1 is 1.00 bits per heavy atom. The van der Waals surface area contributed by atoms with E-state index in [9.17, 15) is 8.42 Å². The summed E-state index contributed by atoms with van der Waals surface area (Å²) in [5.41, 5.74) is 1.79. The summed E-state index contributed by atoms with van der Waals surface area (Å²) in [5.74, 6) is 0. The second-order valence-electron chi connectivity index (χ2n) is 6.96. The molecule has 2 unspecified atom stereocenters. The van der Waals surface area contributed by atoms with Crippen molar-refractivity contribution in [3.8, 4) is 0 Å². The van der Waals surface area contributed by atoms with Crippen LogP contribution in [0, 0.1) is 13.8 Å². The van der Waals surface area contributed by atoms with Crippen LogP contribution in [0.3, 0.4) is 0 Å². The molecule has 2 fully saturated rings. The number of aromatic nitrogens is 3. The number of fused-ring (bicyclic) bond motifs is 2. The molecule has 0 N–H and O–H groups in total. The molecule has 2 atom stereocenters. The van der Waals surface area contributed by atoms with Crippen LogP contribution in [0.5, 0.6) is 0 Å². The molecule has 24 heavy (non-hydrogen) atoms. The van der Waals surface area contributed by atoms with Crippen LogP contribution in [0.2, 0.25) is 0 Å². The molecule has 2 aliphatic heterocycles. The van der Waals surface area contributed by atoms with E-state index < -0.39 is 10.0 Å². The second-order valence-corrected chi connectivity index (χ2v) is 8.78. The highest BCUT2D eigenvalue weighted by Crippen LogP contribution is 2.43. The summed E-state index contributed by atoms with van der Waals surface area (Å²) in [6, 6.07) is 5.94. The molecule has 0 amide bonds. The Morgan fingerprint density at radius 3 is 2.25 bits per heavy atom. The molecule has 128 valence electrons. The van der Waals surface area contributed by atoms with Crippen molar-refractivity contribution in [2.75, 3.05) is 0 Å². The number of hydrogen-bond acceptors (Lipinski definition) is 4. The maximum atomic E-state index is 13.3. The zero-order valence-corrected chi connectivity index (χ0v) is 14.8. The molecular weight excluding hydrogens is 324 g/mol. The number of hydrogen-bond donors (Lipinski definition) is 0. The molecule has 2 aliphatic rings. The van der Waals surface area contributed by atoms with Gasteiger partial charge in [0.15, 0.2) is 0 Å². The molecule has 6 nitrogen and oxygen atoms in total. The summed E-state index contributed by atoms with van der Waals surface area (Å²) in [7, 11) is -3.46. The lowest BCUT2D eigenvalue weighted by Crippen LogP contribution is -2.47. The normalized spacial score (nSPS) is 27.5. The first kappa shape index (κ1) is 15.8. The lowest BCUT2D eigenvalue weighted by Gasteiger charge is -2.37. The van der Waals surface area contributed by atoms with Gasteiger partial charge < -0.3 is 0 Å². The van der Waals surface area contributed by atoms with E-state index in [4.69, 9.17) is 0 Å². The van der Waals surface area contributed by atoms with Gasteiger partial charge >= 0.3 is 0 Å². The SMILES string of the molecule is Cc1ccc(C)c(S(=O)(=O)N2C3CCC2CC(n2nccn2)C3)c1. The Hall–Kier alpha value is -1.73. The number of aryl methyl sites for hydroxylation is 2. The fraction of sp³-hybridized carbons (Fsp3) is 0.529. The fourth-order valence-corrected chi connectivity index (χ4v) is 6.40. The van der Waals surface area contributed by atoms with Gasteiger partial charge in [-0.3, -0.25) is 0 Å². The maximum Gasteiger partial charge on any atom is 0.243 e. The van der Waals surface area contributed by atoms with Gasteiger partial charge in [0.25, 0.3) is 0 Å². The summed E-state index contributed by atoms with van der Waals surface area (Å²) in [5, 5.41) is 8.49. The number of nitrogens with zero attached hydrogens (tertiary/aromatic N) is 4. The smallest absolute Gasteiger partial charge is 0.207 e. The summed E-state index contributed by atoms with van der Waals surface area (Å²) in [4.78, 5) is 2.20. The van der Waals surface area contributed by atoms with Crippen LogP contribution in [-0.4, -0.2) is 39.8 Å². The molecule has 2 bridgehead atoms. The molecule has 1 aromatic carbocycles. The first-order chi connectivity index (χ1) is 11.5. The molecule has 0 spiro atoms. The van der Waals surface area contributed by atoms with Crippen molar-refractivity contribution in [1.82, 2.24) is 19.3 Å². The Balaban J connectivity index is 1.67. The summed E-state index contributed by atoms with van der Waals surface area (Å²) < 4.78 is 28.4. The van der Waals surface area contributed by atoms with E-state index in [0.29, 0.717) is 4.90 Å². The summed E-state index contributed by atoms with van der Waals surface area (Å²) in [6.45, 7) is 3.80. The van der Waals surface area contributed by atoms with Crippen LogP contribution in [0.25, 0.3) is 0 Å². The van der Waals surface area contributed by atoms with Crippen LogP contribution < -0.4 is 0 Å². The van der Waals surface area contributed by atoms with Crippen LogP contribution >= 0.6 is 0 Å². The van der Waals surface area contributed by atoms with E-state index in [1.165, 1.54) is 0 Å². The quantitative estimate of drug-likeness (QED) is 0.856. The first-order valence-electron chi connectivity index (χ1n) is 8.43. The van der Waals surface area contributed by atoms with E-state index in [1.54, 1.807) is 27.6 Å². The Bertz CT molecular complexity index is 833. The number of piperidine rings is 1. The van der Waals surface area contributed by atoms with Crippen molar-refractivity contribution in [2.24, 2.45) is 0 Å². The zero-order valence-electron chi connectivity index (χ0n) is 14.0. The molecule has 7 heteroatoms. The lowest BCUT2D eigenvalue weighted by molar-refractivity contribution is 0.174. The first-order valence-corrected chi connectivity index (χ1v) is 9.87. The van der Waals surface area contributed by atoms with Gasteiger partial charge in [0.2, 0.25) is 10.0 Å². The second kappa shape index (κ2) is 5.67. The van der Waals surface area contributed by atoms with Crippen LogP contribution in [0.4, 0.5) is 0 Å². The average Bonchev–Trinajstić information content (AvgIpc) is 3.17. The third kappa shape index (κ3) is 2.46. The van der Waals surface area contributed by atoms with Crippen molar-refractivity contribution < 1.29 is 8.42 Å². The monoisotopic (exact) mass is 346 g/mol. The molecule has 0 radical (unpaired) electrons. The van der Waals surface area contributed by atoms with E-state index >= 15 is 0 Å². The van der Waals surface area contributed by atoms with Crippen molar-refractivity contribution in [1.29, 1.82) is 0 Å². The van der Waals surface area contributed by atoms with Gasteiger partial charge in [-0.15, -0.1) is 0 Å². The minimum Gasteiger partial charge on any atom is -0.207 e. The third-order valence-corrected chi connectivity index (χ3v) is 7.45. The molecule has 0 aliphatic carbocycles. The molecule has 1 aromatic heterocycles. The highest BCUT2D eigenvalue weighted by atomic mass is 32.2. The van der Waals surface area contributed by atoms with Crippen LogP contribution in [0.1, 0.15) is 42.9 Å². The van der Waals surface area contributed by atoms with Gasteiger partial charge in [0.05, 0.1) is 23.3 Å². The minimum absolute atomic E-state index is 0.0460. The predicted molar refractivity (Wildman–Crippen MR) is 90.0 cm³/mol. The van der Waals surface area contributed by atoms with Gasteiger partial charge in [-0.05, 0) is 56.7 Å². The zero-order chi connectivity index (χ0) is 16.9. The van der Waals surface area contributed by atoms with Gasteiger partial charge in [-0.25, -0.2) is 8.42 Å². The standard InChI is InChI=1S/C17H22N4O2S/c1-12-3-4-13(2)17(9-12)24(22,23)20-14-5-6-15(20)11-16(10-14)21-18-7-8-19-21/h3-4,7-9,14-16H,5-6,10-11H2,1-2H3. The fourth-order valence-electron chi connectivity index (χ4n) is 4.20. The van der Waals surface area contributed by atoms with E-state index in [-0.39, 0.29) is 18.1 Å². The van der Waals surface area contributed by atoms with E-state index in [1.807, 2.05) is 26.0 Å². The molecular formula is C17H22N4O2S. The summed E-state index contributed by atoms with van der Waals surface area (Å²) in [6.07, 6.45) is 6.78. The van der Waals surface area contributed by atoms with Crippen LogP contribution in [-0.2, 0) is 10.0 Å². The van der Waals surface area contributed by atoms with Crippen molar-refractivity contribution in [2.45, 2.75) is 62.6 Å². The highest BCUT2D eigenvalue weighted by Gasteiger charge is 2.48. The van der Waals surface area contributed by atoms with Crippen LogP contribution in [0.15, 0.2) is 35.5 Å². The Kier molecular flexibility index (Phi) is 3.73. The Labute approximate surface area is 142 Å². The maximum absolute atomic E-state index is 13.3.